The van der Waals surface area contributed by atoms with Crippen LogP contribution in [0.25, 0.3) is 11.3 Å². The van der Waals surface area contributed by atoms with Crippen molar-refractivity contribution in [1.29, 1.82) is 5.26 Å². The summed E-state index contributed by atoms with van der Waals surface area (Å²) in [6, 6.07) is 17.4. The molecule has 0 atom stereocenters. The predicted molar refractivity (Wildman–Crippen MR) is 103 cm³/mol. The Morgan fingerprint density at radius 1 is 1.04 bits per heavy atom. The number of aryl methyl sites for hydroxylation is 1. The molecule has 25 heavy (non-hydrogen) atoms. The lowest BCUT2D eigenvalue weighted by Crippen LogP contribution is -2.03. The van der Waals surface area contributed by atoms with Crippen molar-refractivity contribution >= 4 is 34.9 Å². The van der Waals surface area contributed by atoms with E-state index in [2.05, 4.69) is 21.4 Å². The number of thioether (sulfide) groups is 1. The summed E-state index contributed by atoms with van der Waals surface area (Å²) in [5, 5.41) is 14.2. The fourth-order valence-corrected chi connectivity index (χ4v) is 2.81. The van der Waals surface area contributed by atoms with E-state index in [9.17, 15) is 5.26 Å². The molecular formula is C19H15ClN4S. The molecule has 2 aromatic carbocycles. The van der Waals surface area contributed by atoms with Crippen molar-refractivity contribution in [1.82, 2.24) is 9.97 Å². The average molecular weight is 367 g/mol. The molecule has 0 aliphatic rings. The minimum absolute atomic E-state index is 0.403. The Morgan fingerprint density at radius 2 is 1.72 bits per heavy atom. The monoisotopic (exact) mass is 366 g/mol. The van der Waals surface area contributed by atoms with Gasteiger partial charge in [0.15, 0.2) is 11.0 Å². The maximum absolute atomic E-state index is 9.70. The highest BCUT2D eigenvalue weighted by molar-refractivity contribution is 7.98. The third-order valence-electron chi connectivity index (χ3n) is 3.61. The van der Waals surface area contributed by atoms with Crippen LogP contribution in [0.3, 0.4) is 0 Å². The van der Waals surface area contributed by atoms with Gasteiger partial charge in [0.05, 0.1) is 5.69 Å². The lowest BCUT2D eigenvalue weighted by Gasteiger charge is -2.12. The van der Waals surface area contributed by atoms with Crippen LogP contribution in [0.5, 0.6) is 0 Å². The van der Waals surface area contributed by atoms with Crippen LogP contribution in [-0.4, -0.2) is 16.2 Å². The van der Waals surface area contributed by atoms with Crippen molar-refractivity contribution in [3.8, 4) is 17.3 Å². The lowest BCUT2D eigenvalue weighted by atomic mass is 10.1. The van der Waals surface area contributed by atoms with Crippen molar-refractivity contribution in [3.05, 3.63) is 64.7 Å². The minimum Gasteiger partial charge on any atom is -0.339 e. The van der Waals surface area contributed by atoms with Gasteiger partial charge in [0.1, 0.15) is 11.6 Å². The first-order valence-corrected chi connectivity index (χ1v) is 9.16. The Bertz CT molecular complexity index is 931. The first kappa shape index (κ1) is 17.3. The van der Waals surface area contributed by atoms with E-state index in [1.54, 1.807) is 12.1 Å². The van der Waals surface area contributed by atoms with Crippen LogP contribution in [0.1, 0.15) is 11.1 Å². The first-order chi connectivity index (χ1) is 12.1. The van der Waals surface area contributed by atoms with Gasteiger partial charge in [-0.25, -0.2) is 9.97 Å². The summed E-state index contributed by atoms with van der Waals surface area (Å²) in [6.07, 6.45) is 1.91. The fraction of sp³-hybridized carbons (Fsp3) is 0.105. The van der Waals surface area contributed by atoms with E-state index in [0.717, 1.165) is 11.3 Å². The van der Waals surface area contributed by atoms with Crippen LogP contribution >= 0.6 is 23.4 Å². The maximum atomic E-state index is 9.70. The zero-order chi connectivity index (χ0) is 17.8. The SMILES string of the molecule is CSc1nc(Nc2ccc(C)cc2)c(C#N)c(-c2ccc(Cl)cc2)n1. The second-order valence-corrected chi connectivity index (χ2v) is 6.60. The van der Waals surface area contributed by atoms with E-state index in [1.165, 1.54) is 17.3 Å². The molecule has 0 radical (unpaired) electrons. The summed E-state index contributed by atoms with van der Waals surface area (Å²) in [5.41, 5.74) is 3.86. The summed E-state index contributed by atoms with van der Waals surface area (Å²) in [6.45, 7) is 2.03. The third kappa shape index (κ3) is 3.93. The van der Waals surface area contributed by atoms with E-state index in [-0.39, 0.29) is 0 Å². The zero-order valence-corrected chi connectivity index (χ0v) is 15.3. The van der Waals surface area contributed by atoms with Crippen molar-refractivity contribution < 1.29 is 0 Å². The Kier molecular flexibility index (Phi) is 5.22. The number of nitriles is 1. The number of nitrogens with zero attached hydrogens (tertiary/aromatic N) is 3. The molecule has 0 saturated heterocycles. The van der Waals surface area contributed by atoms with Crippen LogP contribution in [0.2, 0.25) is 5.02 Å². The Morgan fingerprint density at radius 3 is 2.32 bits per heavy atom. The highest BCUT2D eigenvalue weighted by Gasteiger charge is 2.16. The van der Waals surface area contributed by atoms with E-state index >= 15 is 0 Å². The van der Waals surface area contributed by atoms with Gasteiger partial charge in [-0.3, -0.25) is 0 Å². The van der Waals surface area contributed by atoms with Gasteiger partial charge in [0, 0.05) is 16.3 Å². The second kappa shape index (κ2) is 7.56. The van der Waals surface area contributed by atoms with Gasteiger partial charge >= 0.3 is 0 Å². The molecule has 0 aliphatic heterocycles. The number of aromatic nitrogens is 2. The number of hydrogen-bond acceptors (Lipinski definition) is 5. The standard InChI is InChI=1S/C19H15ClN4S/c1-12-3-9-15(10-4-12)22-18-16(11-21)17(23-19(24-18)25-2)13-5-7-14(20)8-6-13/h3-10H,1-2H3,(H,22,23,24). The van der Waals surface area contributed by atoms with E-state index in [4.69, 9.17) is 11.6 Å². The fourth-order valence-electron chi connectivity index (χ4n) is 2.32. The highest BCUT2D eigenvalue weighted by Crippen LogP contribution is 2.30. The summed E-state index contributed by atoms with van der Waals surface area (Å²) in [4.78, 5) is 9.00. The largest absolute Gasteiger partial charge is 0.339 e. The van der Waals surface area contributed by atoms with Crippen molar-refractivity contribution in [3.63, 3.8) is 0 Å². The summed E-state index contributed by atoms with van der Waals surface area (Å²) in [7, 11) is 0. The Labute approximate surface area is 155 Å². The van der Waals surface area contributed by atoms with Gasteiger partial charge in [-0.05, 0) is 37.4 Å². The van der Waals surface area contributed by atoms with Crippen LogP contribution < -0.4 is 5.32 Å². The van der Waals surface area contributed by atoms with Crippen LogP contribution in [0.15, 0.2) is 53.7 Å². The molecule has 3 aromatic rings. The Hall–Kier alpha value is -2.55. The quantitative estimate of drug-likeness (QED) is 0.492. The van der Waals surface area contributed by atoms with Gasteiger partial charge in [-0.15, -0.1) is 0 Å². The molecule has 1 heterocycles. The minimum atomic E-state index is 0.403. The molecule has 0 fully saturated rings. The van der Waals surface area contributed by atoms with Gasteiger partial charge < -0.3 is 5.32 Å². The van der Waals surface area contributed by atoms with Crippen molar-refractivity contribution in [2.24, 2.45) is 0 Å². The molecule has 6 heteroatoms. The van der Waals surface area contributed by atoms with E-state index in [0.29, 0.717) is 27.3 Å². The summed E-state index contributed by atoms with van der Waals surface area (Å²) < 4.78 is 0. The van der Waals surface area contributed by atoms with Crippen LogP contribution in [-0.2, 0) is 0 Å². The molecule has 124 valence electrons. The molecule has 1 N–H and O–H groups in total. The number of hydrogen-bond donors (Lipinski definition) is 1. The number of anilines is 2. The average Bonchev–Trinajstić information content (AvgIpc) is 2.63. The topological polar surface area (TPSA) is 61.6 Å². The maximum Gasteiger partial charge on any atom is 0.189 e. The van der Waals surface area contributed by atoms with Gasteiger partial charge in [-0.1, -0.05) is 53.2 Å². The van der Waals surface area contributed by atoms with Crippen LogP contribution in [0, 0.1) is 18.3 Å². The first-order valence-electron chi connectivity index (χ1n) is 7.56. The van der Waals surface area contributed by atoms with Crippen molar-refractivity contribution in [2.75, 3.05) is 11.6 Å². The predicted octanol–water partition coefficient (Wildman–Crippen LogP) is 5.44. The highest BCUT2D eigenvalue weighted by atomic mass is 35.5. The van der Waals surface area contributed by atoms with E-state index < -0.39 is 0 Å². The smallest absolute Gasteiger partial charge is 0.189 e. The normalized spacial score (nSPS) is 10.3. The van der Waals surface area contributed by atoms with Gasteiger partial charge in [-0.2, -0.15) is 5.26 Å². The molecule has 0 amide bonds. The molecular weight excluding hydrogens is 352 g/mol. The number of benzene rings is 2. The lowest BCUT2D eigenvalue weighted by molar-refractivity contribution is 0.975. The molecule has 0 unspecified atom stereocenters. The summed E-state index contributed by atoms with van der Waals surface area (Å²) in [5.74, 6) is 0.496. The Balaban J connectivity index is 2.11. The molecule has 0 spiro atoms. The molecule has 0 saturated carbocycles. The molecule has 3 rings (SSSR count). The van der Waals surface area contributed by atoms with Gasteiger partial charge in [0.2, 0.25) is 0 Å². The van der Waals surface area contributed by atoms with Crippen LogP contribution in [0.4, 0.5) is 11.5 Å². The van der Waals surface area contributed by atoms with E-state index in [1.807, 2.05) is 49.6 Å². The van der Waals surface area contributed by atoms with Gasteiger partial charge in [0.25, 0.3) is 0 Å². The second-order valence-electron chi connectivity index (χ2n) is 5.39. The molecule has 1 aromatic heterocycles. The third-order valence-corrected chi connectivity index (χ3v) is 4.41. The summed E-state index contributed by atoms with van der Waals surface area (Å²) >= 11 is 7.40. The zero-order valence-electron chi connectivity index (χ0n) is 13.7. The molecule has 4 nitrogen and oxygen atoms in total. The molecule has 0 aliphatic carbocycles. The van der Waals surface area contributed by atoms with Crippen molar-refractivity contribution in [2.45, 2.75) is 12.1 Å². The number of rotatable bonds is 4. The number of nitrogens with one attached hydrogen (secondary N) is 1. The molecule has 0 bridgehead atoms. The number of halogens is 1.